The molecule has 1 N–H and O–H groups in total. The van der Waals surface area contributed by atoms with Crippen molar-refractivity contribution in [2.45, 2.75) is 24.8 Å². The predicted octanol–water partition coefficient (Wildman–Crippen LogP) is 3.87. The van der Waals surface area contributed by atoms with Gasteiger partial charge >= 0.3 is 5.97 Å². The Kier molecular flexibility index (Phi) is 4.66. The molecule has 24 heavy (non-hydrogen) atoms. The maximum absolute atomic E-state index is 10.9. The van der Waals surface area contributed by atoms with Crippen LogP contribution >= 0.6 is 11.8 Å². The lowest BCUT2D eigenvalue weighted by Gasteiger charge is -2.09. The highest BCUT2D eigenvalue weighted by atomic mass is 32.2. The standard InChI is InChI=1S/C18H17N3O2S/c1-12-3-9-16(10-4-12)21-13(2)19-20-18(21)24-11-14-5-7-15(8-6-14)17(22)23/h3-10H,11H2,1-2H3,(H,22,23). The van der Waals surface area contributed by atoms with Crippen LogP contribution < -0.4 is 0 Å². The van der Waals surface area contributed by atoms with E-state index in [1.165, 1.54) is 5.56 Å². The van der Waals surface area contributed by atoms with E-state index in [-0.39, 0.29) is 0 Å². The van der Waals surface area contributed by atoms with Crippen LogP contribution in [0.1, 0.15) is 27.3 Å². The number of thioether (sulfide) groups is 1. The molecule has 0 spiro atoms. The van der Waals surface area contributed by atoms with Gasteiger partial charge in [-0.1, -0.05) is 41.6 Å². The molecule has 3 aromatic rings. The minimum absolute atomic E-state index is 0.294. The smallest absolute Gasteiger partial charge is 0.335 e. The van der Waals surface area contributed by atoms with E-state index in [9.17, 15) is 4.79 Å². The lowest BCUT2D eigenvalue weighted by atomic mass is 10.1. The molecule has 0 amide bonds. The quantitative estimate of drug-likeness (QED) is 0.715. The zero-order valence-electron chi connectivity index (χ0n) is 13.4. The molecule has 0 aliphatic heterocycles. The van der Waals surface area contributed by atoms with Crippen LogP contribution in [-0.2, 0) is 5.75 Å². The van der Waals surface area contributed by atoms with Gasteiger partial charge in [0.15, 0.2) is 5.16 Å². The van der Waals surface area contributed by atoms with Crippen LogP contribution in [-0.4, -0.2) is 25.8 Å². The Labute approximate surface area is 144 Å². The minimum atomic E-state index is -0.913. The van der Waals surface area contributed by atoms with Crippen molar-refractivity contribution in [3.63, 3.8) is 0 Å². The SMILES string of the molecule is Cc1ccc(-n2c(C)nnc2SCc2ccc(C(=O)O)cc2)cc1. The van der Waals surface area contributed by atoms with Gasteiger partial charge in [-0.2, -0.15) is 0 Å². The predicted molar refractivity (Wildman–Crippen MR) is 93.8 cm³/mol. The maximum atomic E-state index is 10.9. The molecule has 122 valence electrons. The van der Waals surface area contributed by atoms with Gasteiger partial charge in [0.2, 0.25) is 0 Å². The molecule has 0 fully saturated rings. The molecular weight excluding hydrogens is 322 g/mol. The number of aromatic nitrogens is 3. The number of aromatic carboxylic acids is 1. The van der Waals surface area contributed by atoms with Gasteiger partial charge in [-0.3, -0.25) is 4.57 Å². The first-order valence-corrected chi connectivity index (χ1v) is 8.47. The summed E-state index contributed by atoms with van der Waals surface area (Å²) in [6.07, 6.45) is 0. The average molecular weight is 339 g/mol. The molecule has 1 heterocycles. The zero-order chi connectivity index (χ0) is 17.1. The second kappa shape index (κ2) is 6.88. The van der Waals surface area contributed by atoms with Gasteiger partial charge in [-0.05, 0) is 43.7 Å². The number of carbonyl (C=O) groups is 1. The number of rotatable bonds is 5. The van der Waals surface area contributed by atoms with Crippen LogP contribution in [0.4, 0.5) is 0 Å². The fourth-order valence-electron chi connectivity index (χ4n) is 2.32. The van der Waals surface area contributed by atoms with Crippen molar-refractivity contribution in [3.8, 4) is 5.69 Å². The fourth-order valence-corrected chi connectivity index (χ4v) is 3.27. The van der Waals surface area contributed by atoms with Gasteiger partial charge < -0.3 is 5.11 Å². The van der Waals surface area contributed by atoms with E-state index >= 15 is 0 Å². The van der Waals surface area contributed by atoms with Crippen molar-refractivity contribution in [1.82, 2.24) is 14.8 Å². The van der Waals surface area contributed by atoms with Crippen LogP contribution in [0, 0.1) is 13.8 Å². The number of hydrogen-bond donors (Lipinski definition) is 1. The van der Waals surface area contributed by atoms with E-state index in [2.05, 4.69) is 41.4 Å². The lowest BCUT2D eigenvalue weighted by Crippen LogP contribution is -1.99. The molecule has 3 rings (SSSR count). The fraction of sp³-hybridized carbons (Fsp3) is 0.167. The van der Waals surface area contributed by atoms with Crippen molar-refractivity contribution < 1.29 is 9.90 Å². The Morgan fingerprint density at radius 3 is 2.33 bits per heavy atom. The van der Waals surface area contributed by atoms with E-state index in [1.54, 1.807) is 23.9 Å². The highest BCUT2D eigenvalue weighted by Gasteiger charge is 2.11. The van der Waals surface area contributed by atoms with E-state index in [0.29, 0.717) is 11.3 Å². The molecule has 0 unspecified atom stereocenters. The Morgan fingerprint density at radius 1 is 1.04 bits per heavy atom. The molecule has 1 aromatic heterocycles. The van der Waals surface area contributed by atoms with E-state index in [0.717, 1.165) is 22.2 Å². The number of benzene rings is 2. The van der Waals surface area contributed by atoms with E-state index < -0.39 is 5.97 Å². The normalized spacial score (nSPS) is 10.8. The highest BCUT2D eigenvalue weighted by molar-refractivity contribution is 7.98. The third-order valence-electron chi connectivity index (χ3n) is 3.66. The minimum Gasteiger partial charge on any atom is -0.478 e. The summed E-state index contributed by atoms with van der Waals surface area (Å²) in [6.45, 7) is 3.98. The second-order valence-corrected chi connectivity index (χ2v) is 6.43. The molecule has 2 aromatic carbocycles. The summed E-state index contributed by atoms with van der Waals surface area (Å²) in [5.74, 6) is 0.621. The van der Waals surface area contributed by atoms with Crippen LogP contribution in [0.15, 0.2) is 53.7 Å². The van der Waals surface area contributed by atoms with Gasteiger partial charge in [0.05, 0.1) is 5.56 Å². The Balaban J connectivity index is 1.78. The maximum Gasteiger partial charge on any atom is 0.335 e. The lowest BCUT2D eigenvalue weighted by molar-refractivity contribution is 0.0697. The summed E-state index contributed by atoms with van der Waals surface area (Å²) in [6, 6.07) is 15.1. The van der Waals surface area contributed by atoms with Crippen LogP contribution in [0.3, 0.4) is 0 Å². The summed E-state index contributed by atoms with van der Waals surface area (Å²) in [5, 5.41) is 18.2. The number of hydrogen-bond acceptors (Lipinski definition) is 4. The summed E-state index contributed by atoms with van der Waals surface area (Å²) in [7, 11) is 0. The number of nitrogens with zero attached hydrogens (tertiary/aromatic N) is 3. The van der Waals surface area contributed by atoms with Gasteiger partial charge in [-0.15, -0.1) is 10.2 Å². The molecule has 0 atom stereocenters. The number of carboxylic acid groups (broad SMARTS) is 1. The molecular formula is C18H17N3O2S. The summed E-state index contributed by atoms with van der Waals surface area (Å²) < 4.78 is 2.02. The highest BCUT2D eigenvalue weighted by Crippen LogP contribution is 2.25. The monoisotopic (exact) mass is 339 g/mol. The summed E-state index contributed by atoms with van der Waals surface area (Å²) in [5.41, 5.74) is 3.58. The third kappa shape index (κ3) is 3.49. The number of aryl methyl sites for hydroxylation is 2. The molecule has 6 heteroatoms. The topological polar surface area (TPSA) is 68.0 Å². The molecule has 0 radical (unpaired) electrons. The first-order valence-electron chi connectivity index (χ1n) is 7.48. The van der Waals surface area contributed by atoms with Crippen LogP contribution in [0.25, 0.3) is 5.69 Å². The first kappa shape index (κ1) is 16.3. The molecule has 0 bridgehead atoms. The Morgan fingerprint density at radius 2 is 1.71 bits per heavy atom. The molecule has 0 saturated heterocycles. The van der Waals surface area contributed by atoms with Crippen LogP contribution in [0.2, 0.25) is 0 Å². The van der Waals surface area contributed by atoms with Gasteiger partial charge in [0, 0.05) is 11.4 Å². The number of carboxylic acids is 1. The van der Waals surface area contributed by atoms with Crippen molar-refractivity contribution in [2.24, 2.45) is 0 Å². The van der Waals surface area contributed by atoms with E-state index in [1.807, 2.05) is 23.6 Å². The van der Waals surface area contributed by atoms with Gasteiger partial charge in [0.25, 0.3) is 0 Å². The zero-order valence-corrected chi connectivity index (χ0v) is 14.2. The largest absolute Gasteiger partial charge is 0.478 e. The van der Waals surface area contributed by atoms with Crippen molar-refractivity contribution in [1.29, 1.82) is 0 Å². The van der Waals surface area contributed by atoms with Crippen molar-refractivity contribution in [3.05, 3.63) is 71.0 Å². The van der Waals surface area contributed by atoms with Crippen molar-refractivity contribution in [2.75, 3.05) is 0 Å². The molecule has 0 aliphatic rings. The van der Waals surface area contributed by atoms with Gasteiger partial charge in [-0.25, -0.2) is 4.79 Å². The summed E-state index contributed by atoms with van der Waals surface area (Å²) >= 11 is 1.58. The van der Waals surface area contributed by atoms with Crippen molar-refractivity contribution >= 4 is 17.7 Å². The van der Waals surface area contributed by atoms with E-state index in [4.69, 9.17) is 5.11 Å². The molecule has 0 aliphatic carbocycles. The van der Waals surface area contributed by atoms with Gasteiger partial charge in [0.1, 0.15) is 5.82 Å². The third-order valence-corrected chi connectivity index (χ3v) is 4.66. The molecule has 5 nitrogen and oxygen atoms in total. The first-order chi connectivity index (χ1) is 11.5. The molecule has 0 saturated carbocycles. The van der Waals surface area contributed by atoms with Crippen LogP contribution in [0.5, 0.6) is 0 Å². The Hall–Kier alpha value is -2.60. The Bertz CT molecular complexity index is 855. The summed E-state index contributed by atoms with van der Waals surface area (Å²) in [4.78, 5) is 10.9. The second-order valence-electron chi connectivity index (χ2n) is 5.49. The average Bonchev–Trinajstić information content (AvgIpc) is 2.95.